The maximum Gasteiger partial charge on any atom is 0.287 e. The van der Waals surface area contributed by atoms with Crippen molar-refractivity contribution in [3.05, 3.63) is 40.4 Å². The number of hydrogen-bond acceptors (Lipinski definition) is 3. The number of nitrogens with zero attached hydrogens (tertiary/aromatic N) is 1. The second-order valence-corrected chi connectivity index (χ2v) is 8.07. The second-order valence-electron chi connectivity index (χ2n) is 8.07. The molecular formula is C19H23N3O2. The first-order valence-electron chi connectivity index (χ1n) is 8.63. The van der Waals surface area contributed by atoms with E-state index >= 15 is 0 Å². The number of H-pyrrole nitrogens is 1. The van der Waals surface area contributed by atoms with Crippen molar-refractivity contribution in [3.8, 4) is 0 Å². The van der Waals surface area contributed by atoms with Gasteiger partial charge in [-0.05, 0) is 48.1 Å². The molecular weight excluding hydrogens is 302 g/mol. The molecule has 0 saturated heterocycles. The minimum Gasteiger partial charge on any atom is -0.346 e. The van der Waals surface area contributed by atoms with Gasteiger partial charge in [-0.1, -0.05) is 32.9 Å². The molecule has 0 spiro atoms. The molecule has 2 bridgehead atoms. The van der Waals surface area contributed by atoms with E-state index in [4.69, 9.17) is 0 Å². The molecule has 0 aliphatic heterocycles. The number of carbonyl (C=O) groups excluding carboxylic acids is 1. The predicted octanol–water partition coefficient (Wildman–Crippen LogP) is 2.87. The molecule has 1 aromatic carbocycles. The molecule has 1 heterocycles. The van der Waals surface area contributed by atoms with Gasteiger partial charge in [0.25, 0.3) is 11.5 Å². The van der Waals surface area contributed by atoms with Gasteiger partial charge in [-0.25, -0.2) is 4.98 Å². The van der Waals surface area contributed by atoms with Crippen molar-refractivity contribution in [1.29, 1.82) is 0 Å². The van der Waals surface area contributed by atoms with Crippen LogP contribution in [0.25, 0.3) is 10.9 Å². The molecule has 5 heteroatoms. The number of amides is 1. The number of para-hydroxylation sites is 1. The molecule has 2 aliphatic carbocycles. The van der Waals surface area contributed by atoms with Crippen LogP contribution in [0.3, 0.4) is 0 Å². The number of fused-ring (bicyclic) bond motifs is 3. The van der Waals surface area contributed by atoms with Crippen LogP contribution in [0.5, 0.6) is 0 Å². The first-order valence-corrected chi connectivity index (χ1v) is 8.63. The van der Waals surface area contributed by atoms with E-state index in [1.807, 2.05) is 6.07 Å². The minimum absolute atomic E-state index is 0.0999. The average molecular weight is 325 g/mol. The lowest BCUT2D eigenvalue weighted by atomic mass is 9.69. The van der Waals surface area contributed by atoms with Crippen LogP contribution >= 0.6 is 0 Å². The van der Waals surface area contributed by atoms with Crippen LogP contribution in [0, 0.1) is 16.7 Å². The Balaban J connectivity index is 1.63. The van der Waals surface area contributed by atoms with Gasteiger partial charge in [-0.15, -0.1) is 0 Å². The highest BCUT2D eigenvalue weighted by Crippen LogP contribution is 2.65. The van der Waals surface area contributed by atoms with Gasteiger partial charge in [0.2, 0.25) is 0 Å². The molecule has 0 unspecified atom stereocenters. The Morgan fingerprint density at radius 2 is 2.04 bits per heavy atom. The van der Waals surface area contributed by atoms with Crippen LogP contribution in [-0.2, 0) is 0 Å². The Hall–Kier alpha value is -2.17. The molecule has 2 aromatic rings. The van der Waals surface area contributed by atoms with Gasteiger partial charge < -0.3 is 10.3 Å². The van der Waals surface area contributed by atoms with Crippen molar-refractivity contribution in [2.24, 2.45) is 16.7 Å². The van der Waals surface area contributed by atoms with Crippen LogP contribution in [0.4, 0.5) is 0 Å². The maximum absolute atomic E-state index is 12.7. The molecule has 1 aromatic heterocycles. The Morgan fingerprint density at radius 3 is 2.71 bits per heavy atom. The fourth-order valence-electron chi connectivity index (χ4n) is 4.84. The maximum atomic E-state index is 12.7. The Bertz CT molecular complexity index is 886. The molecule has 2 aliphatic rings. The van der Waals surface area contributed by atoms with Crippen molar-refractivity contribution in [2.45, 2.75) is 46.1 Å². The molecule has 2 fully saturated rings. The van der Waals surface area contributed by atoms with Crippen LogP contribution in [0.15, 0.2) is 29.1 Å². The molecule has 126 valence electrons. The zero-order chi connectivity index (χ0) is 17.1. The monoisotopic (exact) mass is 325 g/mol. The molecule has 2 saturated carbocycles. The van der Waals surface area contributed by atoms with Crippen molar-refractivity contribution < 1.29 is 4.79 Å². The number of hydrogen-bond donors (Lipinski definition) is 2. The molecule has 5 nitrogen and oxygen atoms in total. The highest BCUT2D eigenvalue weighted by Gasteiger charge is 2.61. The normalized spacial score (nSPS) is 30.6. The van der Waals surface area contributed by atoms with Gasteiger partial charge in [-0.2, -0.15) is 0 Å². The summed E-state index contributed by atoms with van der Waals surface area (Å²) in [6.45, 7) is 6.90. The van der Waals surface area contributed by atoms with Gasteiger partial charge in [0.1, 0.15) is 0 Å². The van der Waals surface area contributed by atoms with Gasteiger partial charge >= 0.3 is 0 Å². The third-order valence-corrected chi connectivity index (χ3v) is 6.93. The molecule has 2 N–H and O–H groups in total. The third kappa shape index (κ3) is 1.96. The smallest absolute Gasteiger partial charge is 0.287 e. The number of aromatic amines is 1. The van der Waals surface area contributed by atoms with E-state index in [-0.39, 0.29) is 34.2 Å². The summed E-state index contributed by atoms with van der Waals surface area (Å²) in [5.41, 5.74) is 0.607. The molecule has 4 rings (SSSR count). The van der Waals surface area contributed by atoms with Crippen molar-refractivity contribution >= 4 is 16.8 Å². The topological polar surface area (TPSA) is 74.8 Å². The third-order valence-electron chi connectivity index (χ3n) is 6.93. The summed E-state index contributed by atoms with van der Waals surface area (Å²) < 4.78 is 0. The van der Waals surface area contributed by atoms with Gasteiger partial charge in [0, 0.05) is 6.04 Å². The van der Waals surface area contributed by atoms with E-state index < -0.39 is 0 Å². The standard InChI is InChI=1S/C19H23N3O2/c1-18(2)11-8-9-19(18,3)14(10-11)21-17(24)15-20-13-7-5-4-6-12(13)16(23)22-15/h4-7,11,14H,8-10H2,1-3H3,(H,21,24)(H,20,22,23)/t11-,14-,19-/m0/s1. The van der Waals surface area contributed by atoms with Gasteiger partial charge in [-0.3, -0.25) is 9.59 Å². The highest BCUT2D eigenvalue weighted by molar-refractivity contribution is 5.92. The van der Waals surface area contributed by atoms with Crippen LogP contribution in [-0.4, -0.2) is 21.9 Å². The van der Waals surface area contributed by atoms with E-state index in [1.165, 1.54) is 6.42 Å². The number of aromatic nitrogens is 2. The second kappa shape index (κ2) is 4.91. The number of nitrogens with one attached hydrogen (secondary N) is 2. The summed E-state index contributed by atoms with van der Waals surface area (Å²) >= 11 is 0. The summed E-state index contributed by atoms with van der Waals surface area (Å²) in [5, 5.41) is 3.64. The number of carbonyl (C=O) groups is 1. The molecule has 3 atom stereocenters. The lowest BCUT2D eigenvalue weighted by Crippen LogP contribution is -2.47. The largest absolute Gasteiger partial charge is 0.346 e. The summed E-state index contributed by atoms with van der Waals surface area (Å²) in [5.74, 6) is 0.465. The van der Waals surface area contributed by atoms with E-state index in [0.29, 0.717) is 16.8 Å². The zero-order valence-corrected chi connectivity index (χ0v) is 14.3. The number of rotatable bonds is 2. The van der Waals surface area contributed by atoms with E-state index in [1.54, 1.807) is 18.2 Å². The van der Waals surface area contributed by atoms with Crippen LogP contribution < -0.4 is 10.9 Å². The Kier molecular flexibility index (Phi) is 3.15. The summed E-state index contributed by atoms with van der Waals surface area (Å²) in [7, 11) is 0. The molecule has 24 heavy (non-hydrogen) atoms. The highest BCUT2D eigenvalue weighted by atomic mass is 16.2. The summed E-state index contributed by atoms with van der Waals surface area (Å²) in [6, 6.07) is 7.20. The predicted molar refractivity (Wildman–Crippen MR) is 92.8 cm³/mol. The fraction of sp³-hybridized carbons (Fsp3) is 0.526. The van der Waals surface area contributed by atoms with Crippen molar-refractivity contribution in [1.82, 2.24) is 15.3 Å². The lowest BCUT2D eigenvalue weighted by Gasteiger charge is -2.39. The van der Waals surface area contributed by atoms with E-state index in [9.17, 15) is 9.59 Å². The summed E-state index contributed by atoms with van der Waals surface area (Å²) in [4.78, 5) is 31.8. The van der Waals surface area contributed by atoms with Gasteiger partial charge in [0.05, 0.1) is 10.9 Å². The zero-order valence-electron chi connectivity index (χ0n) is 14.3. The number of benzene rings is 1. The van der Waals surface area contributed by atoms with Crippen molar-refractivity contribution in [3.63, 3.8) is 0 Å². The van der Waals surface area contributed by atoms with Crippen LogP contribution in [0.2, 0.25) is 0 Å². The minimum atomic E-state index is -0.285. The first-order chi connectivity index (χ1) is 11.3. The fourth-order valence-corrected chi connectivity index (χ4v) is 4.84. The van der Waals surface area contributed by atoms with E-state index in [2.05, 4.69) is 36.1 Å². The Morgan fingerprint density at radius 1 is 1.29 bits per heavy atom. The molecule has 0 radical (unpaired) electrons. The molecule has 1 amide bonds. The van der Waals surface area contributed by atoms with Crippen molar-refractivity contribution in [2.75, 3.05) is 0 Å². The van der Waals surface area contributed by atoms with E-state index in [0.717, 1.165) is 12.8 Å². The Labute approximate surface area is 140 Å². The summed E-state index contributed by atoms with van der Waals surface area (Å²) in [6.07, 6.45) is 3.38. The quantitative estimate of drug-likeness (QED) is 0.891. The first kappa shape index (κ1) is 15.4. The SMILES string of the molecule is CC1(C)[C@H]2CC[C@@]1(C)[C@@H](NC(=O)c1nc3ccccc3c(=O)[nH]1)C2. The van der Waals surface area contributed by atoms with Crippen LogP contribution in [0.1, 0.15) is 50.7 Å². The van der Waals surface area contributed by atoms with Gasteiger partial charge in [0.15, 0.2) is 5.82 Å². The average Bonchev–Trinajstić information content (AvgIpc) is 2.88. The lowest BCUT2D eigenvalue weighted by molar-refractivity contribution is 0.0816.